The Labute approximate surface area is 191 Å². The highest BCUT2D eigenvalue weighted by molar-refractivity contribution is 14.1. The van der Waals surface area contributed by atoms with E-state index in [4.69, 9.17) is 37.9 Å². The summed E-state index contributed by atoms with van der Waals surface area (Å²) in [6.45, 7) is 9.50. The maximum atomic E-state index is 5.42. The fraction of sp³-hybridized carbons (Fsp3) is 1.00. The lowest BCUT2D eigenvalue weighted by atomic mass is 10.6. The third-order valence-corrected chi connectivity index (χ3v) is 3.81. The molecule has 10 heteroatoms. The molecule has 0 fully saturated rings. The van der Waals surface area contributed by atoms with Crippen molar-refractivity contribution in [3.8, 4) is 0 Å². The van der Waals surface area contributed by atoms with E-state index >= 15 is 0 Å². The van der Waals surface area contributed by atoms with Crippen molar-refractivity contribution in [2.24, 2.45) is 0 Å². The Hall–Kier alpha value is 0.890. The van der Waals surface area contributed by atoms with Gasteiger partial charge in [-0.25, -0.2) is 0 Å². The molecule has 28 heavy (non-hydrogen) atoms. The van der Waals surface area contributed by atoms with Crippen LogP contribution in [-0.2, 0) is 37.9 Å². The molecular formula is C18H36BrIO8. The van der Waals surface area contributed by atoms with Crippen LogP contribution < -0.4 is 0 Å². The third-order valence-electron chi connectivity index (χ3n) is 3.05. The van der Waals surface area contributed by atoms with Crippen LogP contribution >= 0.6 is 38.5 Å². The first-order valence-electron chi connectivity index (χ1n) is 9.65. The Bertz CT molecular complexity index is 254. The second-order valence-electron chi connectivity index (χ2n) is 5.28. The van der Waals surface area contributed by atoms with Crippen molar-refractivity contribution in [2.45, 2.75) is 0 Å². The minimum atomic E-state index is 0.547. The van der Waals surface area contributed by atoms with Crippen molar-refractivity contribution in [3.05, 3.63) is 0 Å². The van der Waals surface area contributed by atoms with Gasteiger partial charge in [0.15, 0.2) is 0 Å². The molecule has 0 aromatic heterocycles. The summed E-state index contributed by atoms with van der Waals surface area (Å²) in [5.41, 5.74) is 0. The van der Waals surface area contributed by atoms with Gasteiger partial charge in [-0.15, -0.1) is 0 Å². The second-order valence-corrected chi connectivity index (χ2v) is 7.15. The zero-order valence-electron chi connectivity index (χ0n) is 16.7. The molecule has 0 aromatic carbocycles. The average Bonchev–Trinajstić information content (AvgIpc) is 2.71. The molecule has 0 amide bonds. The van der Waals surface area contributed by atoms with E-state index in [1.807, 2.05) is 0 Å². The molecule has 0 aliphatic heterocycles. The summed E-state index contributed by atoms with van der Waals surface area (Å²) in [5, 5.41) is 0.847. The normalized spacial score (nSPS) is 11.4. The highest BCUT2D eigenvalue weighted by atomic mass is 127. The van der Waals surface area contributed by atoms with Crippen LogP contribution in [0.1, 0.15) is 0 Å². The van der Waals surface area contributed by atoms with Crippen LogP contribution in [0.4, 0.5) is 0 Å². The van der Waals surface area contributed by atoms with E-state index in [1.54, 1.807) is 0 Å². The van der Waals surface area contributed by atoms with Crippen LogP contribution in [-0.4, -0.2) is 115 Å². The third kappa shape index (κ3) is 26.9. The number of rotatable bonds is 25. The predicted octanol–water partition coefficient (Wildman–Crippen LogP) is 1.95. The Morgan fingerprint density at radius 2 is 0.571 bits per heavy atom. The summed E-state index contributed by atoms with van der Waals surface area (Å²) < 4.78 is 43.9. The zero-order valence-corrected chi connectivity index (χ0v) is 20.5. The van der Waals surface area contributed by atoms with Crippen molar-refractivity contribution in [1.82, 2.24) is 0 Å². The highest BCUT2D eigenvalue weighted by Crippen LogP contribution is 1.87. The molecule has 0 aliphatic carbocycles. The molecule has 0 N–H and O–H groups in total. The van der Waals surface area contributed by atoms with Crippen molar-refractivity contribution >= 4 is 38.5 Å². The smallest absolute Gasteiger partial charge is 0.0701 e. The molecule has 0 saturated carbocycles. The van der Waals surface area contributed by atoms with Gasteiger partial charge in [0.25, 0.3) is 0 Å². The van der Waals surface area contributed by atoms with Crippen LogP contribution in [0.25, 0.3) is 0 Å². The van der Waals surface area contributed by atoms with Gasteiger partial charge in [-0.2, -0.15) is 0 Å². The van der Waals surface area contributed by atoms with Gasteiger partial charge >= 0.3 is 0 Å². The first kappa shape index (κ1) is 28.9. The van der Waals surface area contributed by atoms with Crippen LogP contribution in [0.15, 0.2) is 0 Å². The SMILES string of the molecule is BrCCOCCOCCOCCOCCOCCOCCOCCOCCI. The molecule has 170 valence electrons. The first-order chi connectivity index (χ1) is 13.9. The largest absolute Gasteiger partial charge is 0.378 e. The fourth-order valence-electron chi connectivity index (χ4n) is 1.75. The van der Waals surface area contributed by atoms with Crippen LogP contribution in [0, 0.1) is 0 Å². The Morgan fingerprint density at radius 1 is 0.357 bits per heavy atom. The topological polar surface area (TPSA) is 73.8 Å². The van der Waals surface area contributed by atoms with Crippen molar-refractivity contribution in [2.75, 3.05) is 115 Å². The van der Waals surface area contributed by atoms with Gasteiger partial charge in [0, 0.05) is 9.76 Å². The summed E-state index contributed by atoms with van der Waals surface area (Å²) in [4.78, 5) is 0. The van der Waals surface area contributed by atoms with E-state index in [-0.39, 0.29) is 0 Å². The molecule has 0 rings (SSSR count). The van der Waals surface area contributed by atoms with Crippen LogP contribution in [0.2, 0.25) is 0 Å². The van der Waals surface area contributed by atoms with Crippen LogP contribution in [0.5, 0.6) is 0 Å². The molecule has 8 nitrogen and oxygen atoms in total. The Balaban J connectivity index is 2.96. The molecule has 0 aromatic rings. The Morgan fingerprint density at radius 3 is 0.786 bits per heavy atom. The fourth-order valence-corrected chi connectivity index (χ4v) is 2.29. The number of halogens is 2. The standard InChI is InChI=1S/C18H36BrIO8/c19-1-3-21-5-7-23-9-11-25-13-15-27-17-18-28-16-14-26-12-10-24-8-6-22-4-2-20/h1-18H2. The lowest BCUT2D eigenvalue weighted by Crippen LogP contribution is -2.15. The molecule has 0 radical (unpaired) electrons. The summed E-state index contributed by atoms with van der Waals surface area (Å²) in [5.74, 6) is 0. The van der Waals surface area contributed by atoms with Gasteiger partial charge < -0.3 is 37.9 Å². The van der Waals surface area contributed by atoms with E-state index in [0.717, 1.165) is 16.4 Å². The zero-order chi connectivity index (χ0) is 20.4. The Kier molecular flexibility index (Phi) is 28.8. The minimum absolute atomic E-state index is 0.547. The van der Waals surface area contributed by atoms with E-state index in [2.05, 4.69) is 38.5 Å². The van der Waals surface area contributed by atoms with E-state index < -0.39 is 0 Å². The van der Waals surface area contributed by atoms with Gasteiger partial charge in [0.05, 0.1) is 106 Å². The van der Waals surface area contributed by atoms with E-state index in [1.165, 1.54) is 0 Å². The van der Waals surface area contributed by atoms with Gasteiger partial charge in [0.2, 0.25) is 0 Å². The molecule has 0 aliphatic rings. The maximum Gasteiger partial charge on any atom is 0.0701 e. The number of hydrogen-bond acceptors (Lipinski definition) is 8. The molecular weight excluding hydrogens is 551 g/mol. The molecule has 0 saturated heterocycles. The molecule has 0 spiro atoms. The van der Waals surface area contributed by atoms with Gasteiger partial charge in [0.1, 0.15) is 0 Å². The quantitative estimate of drug-likeness (QED) is 0.0913. The lowest BCUT2D eigenvalue weighted by molar-refractivity contribution is -0.0224. The summed E-state index contributed by atoms with van der Waals surface area (Å²) in [6.07, 6.45) is 0. The molecule has 0 unspecified atom stereocenters. The number of alkyl halides is 2. The van der Waals surface area contributed by atoms with E-state index in [0.29, 0.717) is 99.1 Å². The number of hydrogen-bond donors (Lipinski definition) is 0. The number of ether oxygens (including phenoxy) is 8. The molecule has 0 atom stereocenters. The van der Waals surface area contributed by atoms with Gasteiger partial charge in [-0.3, -0.25) is 0 Å². The predicted molar refractivity (Wildman–Crippen MR) is 119 cm³/mol. The van der Waals surface area contributed by atoms with Gasteiger partial charge in [-0.05, 0) is 0 Å². The van der Waals surface area contributed by atoms with Crippen molar-refractivity contribution in [3.63, 3.8) is 0 Å². The monoisotopic (exact) mass is 586 g/mol. The van der Waals surface area contributed by atoms with Crippen LogP contribution in [0.3, 0.4) is 0 Å². The highest BCUT2D eigenvalue weighted by Gasteiger charge is 1.94. The van der Waals surface area contributed by atoms with Crippen molar-refractivity contribution in [1.29, 1.82) is 0 Å². The summed E-state index contributed by atoms with van der Waals surface area (Å²) in [7, 11) is 0. The summed E-state index contributed by atoms with van der Waals surface area (Å²) in [6, 6.07) is 0. The van der Waals surface area contributed by atoms with E-state index in [9.17, 15) is 0 Å². The molecule has 0 heterocycles. The first-order valence-corrected chi connectivity index (χ1v) is 12.3. The van der Waals surface area contributed by atoms with Gasteiger partial charge in [-0.1, -0.05) is 38.5 Å². The second kappa shape index (κ2) is 27.9. The lowest BCUT2D eigenvalue weighted by Gasteiger charge is -2.08. The van der Waals surface area contributed by atoms with Crippen molar-refractivity contribution < 1.29 is 37.9 Å². The minimum Gasteiger partial charge on any atom is -0.378 e. The average molecular weight is 587 g/mol. The molecule has 0 bridgehead atoms. The maximum absolute atomic E-state index is 5.42. The summed E-state index contributed by atoms with van der Waals surface area (Å²) >= 11 is 5.57.